The van der Waals surface area contributed by atoms with Gasteiger partial charge in [0.2, 0.25) is 0 Å². The van der Waals surface area contributed by atoms with Crippen molar-refractivity contribution in [2.75, 3.05) is 0 Å². The molecule has 0 bridgehead atoms. The zero-order chi connectivity index (χ0) is 8.32. The molecule has 0 aliphatic heterocycles. The predicted octanol–water partition coefficient (Wildman–Crippen LogP) is 2.69. The molecule has 2 unspecified atom stereocenters. The van der Waals surface area contributed by atoms with Crippen LogP contribution in [0.2, 0.25) is 0 Å². The van der Waals surface area contributed by atoms with E-state index in [1.807, 2.05) is 0 Å². The SMILES string of the molecule is CCCC1(CC)CCCC1N. The lowest BCUT2D eigenvalue weighted by atomic mass is 9.76. The molecule has 2 atom stereocenters. The summed E-state index contributed by atoms with van der Waals surface area (Å²) < 4.78 is 0. The normalized spacial score (nSPS) is 37.9. The van der Waals surface area contributed by atoms with Gasteiger partial charge in [0.15, 0.2) is 0 Å². The van der Waals surface area contributed by atoms with E-state index in [4.69, 9.17) is 5.73 Å². The fourth-order valence-electron chi connectivity index (χ4n) is 2.59. The molecule has 0 aromatic carbocycles. The average molecular weight is 155 g/mol. The number of nitrogens with two attached hydrogens (primary N) is 1. The van der Waals surface area contributed by atoms with Gasteiger partial charge in [-0.05, 0) is 31.1 Å². The van der Waals surface area contributed by atoms with Crippen LogP contribution in [0.1, 0.15) is 52.4 Å². The second-order valence-corrected chi connectivity index (χ2v) is 3.96. The minimum atomic E-state index is 0.493. The highest BCUT2D eigenvalue weighted by molar-refractivity contribution is 4.93. The Morgan fingerprint density at radius 3 is 2.55 bits per heavy atom. The van der Waals surface area contributed by atoms with Gasteiger partial charge < -0.3 is 5.73 Å². The van der Waals surface area contributed by atoms with Crippen molar-refractivity contribution >= 4 is 0 Å². The maximum atomic E-state index is 6.11. The third kappa shape index (κ3) is 1.58. The van der Waals surface area contributed by atoms with E-state index in [0.29, 0.717) is 11.5 Å². The zero-order valence-electron chi connectivity index (χ0n) is 7.90. The van der Waals surface area contributed by atoms with E-state index in [1.165, 1.54) is 38.5 Å². The lowest BCUT2D eigenvalue weighted by Gasteiger charge is -2.32. The molecule has 0 amide bonds. The van der Waals surface area contributed by atoms with Gasteiger partial charge in [-0.25, -0.2) is 0 Å². The summed E-state index contributed by atoms with van der Waals surface area (Å²) in [4.78, 5) is 0. The van der Waals surface area contributed by atoms with Crippen molar-refractivity contribution in [3.8, 4) is 0 Å². The molecule has 0 heterocycles. The maximum absolute atomic E-state index is 6.11. The van der Waals surface area contributed by atoms with Crippen LogP contribution in [0.3, 0.4) is 0 Å². The van der Waals surface area contributed by atoms with Gasteiger partial charge in [-0.1, -0.05) is 26.7 Å². The lowest BCUT2D eigenvalue weighted by molar-refractivity contribution is 0.224. The maximum Gasteiger partial charge on any atom is 0.00954 e. The molecule has 1 saturated carbocycles. The molecule has 11 heavy (non-hydrogen) atoms. The van der Waals surface area contributed by atoms with Gasteiger partial charge in [0.25, 0.3) is 0 Å². The second-order valence-electron chi connectivity index (χ2n) is 3.96. The van der Waals surface area contributed by atoms with Crippen molar-refractivity contribution in [2.45, 2.75) is 58.4 Å². The molecule has 2 N–H and O–H groups in total. The topological polar surface area (TPSA) is 26.0 Å². The van der Waals surface area contributed by atoms with Crippen LogP contribution in [0.15, 0.2) is 0 Å². The summed E-state index contributed by atoms with van der Waals surface area (Å²) in [7, 11) is 0. The highest BCUT2D eigenvalue weighted by Crippen LogP contribution is 2.43. The van der Waals surface area contributed by atoms with Crippen LogP contribution in [0.4, 0.5) is 0 Å². The minimum absolute atomic E-state index is 0.493. The van der Waals surface area contributed by atoms with Gasteiger partial charge in [-0.15, -0.1) is 0 Å². The molecule has 66 valence electrons. The Labute approximate surface area is 70.4 Å². The third-order valence-electron chi connectivity index (χ3n) is 3.43. The Kier molecular flexibility index (Phi) is 2.94. The van der Waals surface area contributed by atoms with Crippen molar-refractivity contribution in [3.63, 3.8) is 0 Å². The van der Waals surface area contributed by atoms with Crippen LogP contribution >= 0.6 is 0 Å². The largest absolute Gasteiger partial charge is 0.327 e. The predicted molar refractivity (Wildman–Crippen MR) is 49.5 cm³/mol. The van der Waals surface area contributed by atoms with Crippen molar-refractivity contribution in [1.82, 2.24) is 0 Å². The number of hydrogen-bond acceptors (Lipinski definition) is 1. The van der Waals surface area contributed by atoms with Gasteiger partial charge in [-0.2, -0.15) is 0 Å². The summed E-state index contributed by atoms with van der Waals surface area (Å²) >= 11 is 0. The third-order valence-corrected chi connectivity index (χ3v) is 3.43. The summed E-state index contributed by atoms with van der Waals surface area (Å²) in [6.07, 6.45) is 7.90. The van der Waals surface area contributed by atoms with Gasteiger partial charge in [0.05, 0.1) is 0 Å². The smallest absolute Gasteiger partial charge is 0.00954 e. The molecule has 0 aromatic heterocycles. The quantitative estimate of drug-likeness (QED) is 0.666. The highest BCUT2D eigenvalue weighted by atomic mass is 14.7. The first-order chi connectivity index (χ1) is 5.25. The van der Waals surface area contributed by atoms with E-state index in [2.05, 4.69) is 13.8 Å². The molecule has 0 aromatic rings. The van der Waals surface area contributed by atoms with E-state index in [-0.39, 0.29) is 0 Å². The van der Waals surface area contributed by atoms with Crippen LogP contribution in [-0.2, 0) is 0 Å². The van der Waals surface area contributed by atoms with Crippen LogP contribution in [0.25, 0.3) is 0 Å². The van der Waals surface area contributed by atoms with Crippen molar-refractivity contribution in [2.24, 2.45) is 11.1 Å². The molecule has 1 fully saturated rings. The molecule has 1 aliphatic rings. The summed E-state index contributed by atoms with van der Waals surface area (Å²) in [6.45, 7) is 4.56. The molecular weight excluding hydrogens is 134 g/mol. The Balaban J connectivity index is 2.57. The minimum Gasteiger partial charge on any atom is -0.327 e. The molecule has 1 rings (SSSR count). The van der Waals surface area contributed by atoms with Crippen molar-refractivity contribution < 1.29 is 0 Å². The molecular formula is C10H21N. The van der Waals surface area contributed by atoms with Crippen LogP contribution in [-0.4, -0.2) is 6.04 Å². The van der Waals surface area contributed by atoms with Crippen LogP contribution < -0.4 is 5.73 Å². The van der Waals surface area contributed by atoms with Crippen molar-refractivity contribution in [3.05, 3.63) is 0 Å². The Morgan fingerprint density at radius 2 is 2.18 bits per heavy atom. The zero-order valence-corrected chi connectivity index (χ0v) is 7.90. The first-order valence-corrected chi connectivity index (χ1v) is 5.01. The van der Waals surface area contributed by atoms with E-state index < -0.39 is 0 Å². The number of hydrogen-bond donors (Lipinski definition) is 1. The molecule has 0 saturated heterocycles. The van der Waals surface area contributed by atoms with E-state index in [1.54, 1.807) is 0 Å². The highest BCUT2D eigenvalue weighted by Gasteiger charge is 2.37. The Morgan fingerprint density at radius 1 is 1.45 bits per heavy atom. The Bertz CT molecular complexity index is 122. The fourth-order valence-corrected chi connectivity index (χ4v) is 2.59. The Hall–Kier alpha value is -0.0400. The fraction of sp³-hybridized carbons (Fsp3) is 1.00. The van der Waals surface area contributed by atoms with E-state index in [9.17, 15) is 0 Å². The molecule has 1 heteroatoms. The first kappa shape index (κ1) is 9.05. The second kappa shape index (κ2) is 3.57. The van der Waals surface area contributed by atoms with Gasteiger partial charge >= 0.3 is 0 Å². The molecule has 1 aliphatic carbocycles. The molecule has 0 spiro atoms. The standard InChI is InChI=1S/C10H21N/c1-3-7-10(4-2)8-5-6-9(10)11/h9H,3-8,11H2,1-2H3. The average Bonchev–Trinajstić information content (AvgIpc) is 2.35. The van der Waals surface area contributed by atoms with Crippen LogP contribution in [0.5, 0.6) is 0 Å². The van der Waals surface area contributed by atoms with Gasteiger partial charge in [0, 0.05) is 6.04 Å². The monoisotopic (exact) mass is 155 g/mol. The summed E-state index contributed by atoms with van der Waals surface area (Å²) in [5, 5.41) is 0. The summed E-state index contributed by atoms with van der Waals surface area (Å²) in [6, 6.07) is 0.493. The first-order valence-electron chi connectivity index (χ1n) is 5.01. The van der Waals surface area contributed by atoms with Crippen molar-refractivity contribution in [1.29, 1.82) is 0 Å². The van der Waals surface area contributed by atoms with Gasteiger partial charge in [-0.3, -0.25) is 0 Å². The lowest BCUT2D eigenvalue weighted by Crippen LogP contribution is -2.36. The molecule has 1 nitrogen and oxygen atoms in total. The number of rotatable bonds is 3. The van der Waals surface area contributed by atoms with Crippen LogP contribution in [0, 0.1) is 5.41 Å². The molecule has 0 radical (unpaired) electrons. The summed E-state index contributed by atoms with van der Waals surface area (Å²) in [5.41, 5.74) is 6.63. The summed E-state index contributed by atoms with van der Waals surface area (Å²) in [5.74, 6) is 0. The van der Waals surface area contributed by atoms with E-state index >= 15 is 0 Å². The van der Waals surface area contributed by atoms with Gasteiger partial charge in [0.1, 0.15) is 0 Å². The van der Waals surface area contributed by atoms with E-state index in [0.717, 1.165) is 0 Å².